The molecule has 0 spiro atoms. The van der Waals surface area contributed by atoms with Gasteiger partial charge in [-0.3, -0.25) is 0 Å². The number of hydrogen-bond donors (Lipinski definition) is 1. The van der Waals surface area contributed by atoms with Crippen LogP contribution in [0.1, 0.15) is 38.3 Å². The molecule has 0 aliphatic carbocycles. The third kappa shape index (κ3) is 6.17. The van der Waals surface area contributed by atoms with Crippen molar-refractivity contribution in [2.24, 2.45) is 11.8 Å². The van der Waals surface area contributed by atoms with Crippen LogP contribution in [0, 0.1) is 18.8 Å². The summed E-state index contributed by atoms with van der Waals surface area (Å²) in [5.74, 6) is 2.53. The number of carbonyl (C=O) groups is 1. The van der Waals surface area contributed by atoms with Crippen molar-refractivity contribution in [1.82, 2.24) is 20.0 Å². The molecule has 7 heteroatoms. The zero-order chi connectivity index (χ0) is 21.6. The number of hydrogen-bond acceptors (Lipinski definition) is 5. The number of carbonyl (C=O) groups excluding carboxylic acids is 1. The molecule has 7 nitrogen and oxygen atoms in total. The minimum Gasteiger partial charge on any atom is -0.438 e. The second-order valence-electron chi connectivity index (χ2n) is 9.01. The lowest BCUT2D eigenvalue weighted by Crippen LogP contribution is -2.46. The number of anilines is 1. The Balaban J connectivity index is 1.26. The van der Waals surface area contributed by atoms with Crippen molar-refractivity contribution in [2.75, 3.05) is 38.0 Å². The number of ether oxygens (including phenoxy) is 1. The van der Waals surface area contributed by atoms with Crippen molar-refractivity contribution in [1.29, 1.82) is 0 Å². The van der Waals surface area contributed by atoms with E-state index in [1.54, 1.807) is 6.07 Å². The molecule has 2 aliphatic rings. The van der Waals surface area contributed by atoms with Crippen LogP contribution in [0.15, 0.2) is 36.4 Å². The molecule has 0 saturated carbocycles. The Kier molecular flexibility index (Phi) is 7.02. The summed E-state index contributed by atoms with van der Waals surface area (Å²) < 4.78 is 5.70. The first-order valence-electron chi connectivity index (χ1n) is 11.4. The minimum atomic E-state index is -0.0185. The number of amides is 2. The van der Waals surface area contributed by atoms with Gasteiger partial charge in [0.15, 0.2) is 0 Å². The molecule has 0 radical (unpaired) electrons. The van der Waals surface area contributed by atoms with Crippen molar-refractivity contribution >= 4 is 11.7 Å². The standard InChI is InChI=1S/C24H33N5O2/c1-18-11-14-28(15-12-18)16-20-4-3-13-29(17-20)24(30)25-21-6-8-22(9-7-21)31-23-10-5-19(2)26-27-23/h5-10,18,20H,3-4,11-17H2,1-2H3,(H,25,30). The van der Waals surface area contributed by atoms with Crippen LogP contribution in [0.3, 0.4) is 0 Å². The number of rotatable bonds is 5. The van der Waals surface area contributed by atoms with Gasteiger partial charge in [0.1, 0.15) is 5.75 Å². The van der Waals surface area contributed by atoms with Crippen LogP contribution in [0.4, 0.5) is 10.5 Å². The van der Waals surface area contributed by atoms with Crippen LogP contribution in [-0.2, 0) is 0 Å². The van der Waals surface area contributed by atoms with E-state index < -0.39 is 0 Å². The molecule has 1 N–H and O–H groups in total. The molecule has 1 atom stereocenters. The maximum absolute atomic E-state index is 12.8. The number of urea groups is 1. The Bertz CT molecular complexity index is 847. The molecular formula is C24H33N5O2. The van der Waals surface area contributed by atoms with Gasteiger partial charge in [0.05, 0.1) is 5.69 Å². The third-order valence-corrected chi connectivity index (χ3v) is 6.30. The van der Waals surface area contributed by atoms with Crippen LogP contribution in [0.5, 0.6) is 11.6 Å². The fourth-order valence-corrected chi connectivity index (χ4v) is 4.38. The van der Waals surface area contributed by atoms with Crippen LogP contribution >= 0.6 is 0 Å². The molecule has 2 aliphatic heterocycles. The second kappa shape index (κ2) is 10.1. The monoisotopic (exact) mass is 423 g/mol. The highest BCUT2D eigenvalue weighted by Gasteiger charge is 2.26. The van der Waals surface area contributed by atoms with Gasteiger partial charge < -0.3 is 19.9 Å². The fourth-order valence-electron chi connectivity index (χ4n) is 4.38. The minimum absolute atomic E-state index is 0.0185. The van der Waals surface area contributed by atoms with E-state index in [0.29, 0.717) is 17.5 Å². The average Bonchev–Trinajstić information content (AvgIpc) is 2.78. The third-order valence-electron chi connectivity index (χ3n) is 6.30. The number of piperidine rings is 2. The SMILES string of the molecule is Cc1ccc(Oc2ccc(NC(=O)N3CCCC(CN4CCC(C)CC4)C3)cc2)nn1. The summed E-state index contributed by atoms with van der Waals surface area (Å²) >= 11 is 0. The summed E-state index contributed by atoms with van der Waals surface area (Å²) in [5.41, 5.74) is 1.61. The van der Waals surface area contributed by atoms with Gasteiger partial charge in [-0.05, 0) is 87.9 Å². The average molecular weight is 424 g/mol. The number of benzene rings is 1. The van der Waals surface area contributed by atoms with Gasteiger partial charge in [-0.2, -0.15) is 5.10 Å². The summed E-state index contributed by atoms with van der Waals surface area (Å²) in [4.78, 5) is 17.4. The lowest BCUT2D eigenvalue weighted by Gasteiger charge is -2.37. The van der Waals surface area contributed by atoms with Gasteiger partial charge >= 0.3 is 6.03 Å². The number of likely N-dealkylation sites (tertiary alicyclic amines) is 2. The normalized spacial score (nSPS) is 20.5. The van der Waals surface area contributed by atoms with Gasteiger partial charge in [-0.25, -0.2) is 4.79 Å². The summed E-state index contributed by atoms with van der Waals surface area (Å²) in [6.07, 6.45) is 4.89. The summed E-state index contributed by atoms with van der Waals surface area (Å²) in [6.45, 7) is 9.41. The first kappa shape index (κ1) is 21.6. The highest BCUT2D eigenvalue weighted by atomic mass is 16.5. The highest BCUT2D eigenvalue weighted by molar-refractivity contribution is 5.89. The van der Waals surface area contributed by atoms with Crippen LogP contribution in [0.2, 0.25) is 0 Å². The van der Waals surface area contributed by atoms with Crippen LogP contribution < -0.4 is 10.1 Å². The van der Waals surface area contributed by atoms with E-state index in [0.717, 1.165) is 43.4 Å². The number of nitrogens with zero attached hydrogens (tertiary/aromatic N) is 4. The zero-order valence-electron chi connectivity index (χ0n) is 18.6. The first-order valence-corrected chi connectivity index (χ1v) is 11.4. The van der Waals surface area contributed by atoms with Crippen molar-refractivity contribution in [3.8, 4) is 11.6 Å². The van der Waals surface area contributed by atoms with Gasteiger partial charge in [-0.15, -0.1) is 5.10 Å². The van der Waals surface area contributed by atoms with E-state index in [-0.39, 0.29) is 6.03 Å². The molecule has 1 aromatic carbocycles. The van der Waals surface area contributed by atoms with E-state index in [2.05, 4.69) is 27.3 Å². The van der Waals surface area contributed by atoms with Crippen molar-refractivity contribution < 1.29 is 9.53 Å². The molecule has 2 fully saturated rings. The second-order valence-corrected chi connectivity index (χ2v) is 9.01. The largest absolute Gasteiger partial charge is 0.438 e. The molecule has 1 unspecified atom stereocenters. The van der Waals surface area contributed by atoms with E-state index in [9.17, 15) is 4.79 Å². The molecule has 3 heterocycles. The molecule has 0 bridgehead atoms. The topological polar surface area (TPSA) is 70.6 Å². The van der Waals surface area contributed by atoms with Crippen LogP contribution in [0.25, 0.3) is 0 Å². The Morgan fingerprint density at radius 1 is 1.06 bits per heavy atom. The maximum Gasteiger partial charge on any atom is 0.321 e. The van der Waals surface area contributed by atoms with Crippen molar-refractivity contribution in [3.63, 3.8) is 0 Å². The predicted molar refractivity (Wildman–Crippen MR) is 121 cm³/mol. The Morgan fingerprint density at radius 3 is 2.55 bits per heavy atom. The van der Waals surface area contributed by atoms with Gasteiger partial charge in [0.2, 0.25) is 5.88 Å². The van der Waals surface area contributed by atoms with Gasteiger partial charge in [0, 0.05) is 31.4 Å². The fraction of sp³-hybridized carbons (Fsp3) is 0.542. The van der Waals surface area contributed by atoms with Gasteiger partial charge in [-0.1, -0.05) is 6.92 Å². The smallest absolute Gasteiger partial charge is 0.321 e. The Hall–Kier alpha value is -2.67. The molecule has 2 saturated heterocycles. The highest BCUT2D eigenvalue weighted by Crippen LogP contribution is 2.24. The van der Waals surface area contributed by atoms with Gasteiger partial charge in [0.25, 0.3) is 0 Å². The first-order chi connectivity index (χ1) is 15.0. The molecule has 2 amide bonds. The molecule has 31 heavy (non-hydrogen) atoms. The zero-order valence-corrected chi connectivity index (χ0v) is 18.6. The van der Waals surface area contributed by atoms with Crippen LogP contribution in [-0.4, -0.2) is 58.8 Å². The predicted octanol–water partition coefficient (Wildman–Crippen LogP) is 4.55. The molecular weight excluding hydrogens is 390 g/mol. The van der Waals surface area contributed by atoms with E-state index >= 15 is 0 Å². The summed E-state index contributed by atoms with van der Waals surface area (Å²) in [5, 5.41) is 11.0. The van der Waals surface area contributed by atoms with E-state index in [1.165, 1.54) is 32.4 Å². The maximum atomic E-state index is 12.8. The molecule has 166 valence electrons. The summed E-state index contributed by atoms with van der Waals surface area (Å²) in [6, 6.07) is 11.0. The Morgan fingerprint density at radius 2 is 1.84 bits per heavy atom. The lowest BCUT2D eigenvalue weighted by molar-refractivity contribution is 0.124. The van der Waals surface area contributed by atoms with E-state index in [1.807, 2.05) is 42.2 Å². The quantitative estimate of drug-likeness (QED) is 0.764. The lowest BCUT2D eigenvalue weighted by atomic mass is 9.94. The summed E-state index contributed by atoms with van der Waals surface area (Å²) in [7, 11) is 0. The Labute approximate surface area is 184 Å². The number of nitrogens with one attached hydrogen (secondary N) is 1. The van der Waals surface area contributed by atoms with Crippen molar-refractivity contribution in [2.45, 2.75) is 39.5 Å². The molecule has 2 aromatic rings. The van der Waals surface area contributed by atoms with E-state index in [4.69, 9.17) is 4.74 Å². The number of aryl methyl sites for hydroxylation is 1. The number of aromatic nitrogens is 2. The molecule has 4 rings (SSSR count). The van der Waals surface area contributed by atoms with Crippen molar-refractivity contribution in [3.05, 3.63) is 42.1 Å². The molecule has 1 aromatic heterocycles.